The van der Waals surface area contributed by atoms with E-state index in [1.165, 1.54) is 4.90 Å². The maximum atomic E-state index is 7.46. The Morgan fingerprint density at radius 2 is 2.11 bits per heavy atom. The summed E-state index contributed by atoms with van der Waals surface area (Å²) in [5, 5.41) is 0. The molecule has 0 aromatic carbocycles. The fraction of sp³-hybridized carbons (Fsp3) is 0.500. The number of alkyl halides is 2. The van der Waals surface area contributed by atoms with E-state index in [0.29, 0.717) is 37.5 Å². The van der Waals surface area contributed by atoms with Crippen molar-refractivity contribution in [1.82, 2.24) is 19.3 Å². The van der Waals surface area contributed by atoms with E-state index in [9.17, 15) is 0 Å². The number of hydrogen-bond donors (Lipinski definition) is 0. The SMILES string of the molecule is [2H]C([2H])([2H])N1CCN(c2nccc3nc(C(Cl)Cl)cn23)CC1. The van der Waals surface area contributed by atoms with Gasteiger partial charge in [0.15, 0.2) is 4.84 Å². The molecule has 2 aromatic rings. The van der Waals surface area contributed by atoms with Gasteiger partial charge in [-0.15, -0.1) is 0 Å². The van der Waals surface area contributed by atoms with Crippen LogP contribution in [-0.4, -0.2) is 52.4 Å². The Balaban J connectivity index is 1.85. The van der Waals surface area contributed by atoms with Gasteiger partial charge in [0.25, 0.3) is 0 Å². The highest BCUT2D eigenvalue weighted by Gasteiger charge is 2.19. The second kappa shape index (κ2) is 5.15. The molecule has 1 aliphatic rings. The summed E-state index contributed by atoms with van der Waals surface area (Å²) < 4.78 is 24.2. The van der Waals surface area contributed by atoms with Crippen LogP contribution in [0.4, 0.5) is 5.95 Å². The predicted octanol–water partition coefficient (Wildman–Crippen LogP) is 1.96. The molecule has 0 unspecified atom stereocenters. The summed E-state index contributed by atoms with van der Waals surface area (Å²) in [6.07, 6.45) is 3.44. The van der Waals surface area contributed by atoms with Crippen molar-refractivity contribution in [1.29, 1.82) is 0 Å². The van der Waals surface area contributed by atoms with E-state index in [1.54, 1.807) is 18.5 Å². The Bertz CT molecular complexity index is 664. The molecule has 1 saturated heterocycles. The number of fused-ring (bicyclic) bond motifs is 1. The molecule has 0 N–H and O–H groups in total. The Morgan fingerprint density at radius 1 is 1.32 bits per heavy atom. The Morgan fingerprint density at radius 3 is 2.79 bits per heavy atom. The first-order valence-electron chi connectivity index (χ1n) is 7.48. The molecule has 3 rings (SSSR count). The second-order valence-electron chi connectivity index (χ2n) is 4.41. The van der Waals surface area contributed by atoms with Gasteiger partial charge in [-0.05, 0) is 13.0 Å². The lowest BCUT2D eigenvalue weighted by Gasteiger charge is -2.33. The number of anilines is 1. The molecule has 102 valence electrons. The van der Waals surface area contributed by atoms with Crippen LogP contribution in [0.3, 0.4) is 0 Å². The van der Waals surface area contributed by atoms with Crippen molar-refractivity contribution < 1.29 is 4.11 Å². The van der Waals surface area contributed by atoms with E-state index in [-0.39, 0.29) is 0 Å². The lowest BCUT2D eigenvalue weighted by Crippen LogP contribution is -2.45. The van der Waals surface area contributed by atoms with Crippen LogP contribution in [0.2, 0.25) is 0 Å². The number of aromatic nitrogens is 3. The first-order chi connectivity index (χ1) is 10.4. The zero-order chi connectivity index (χ0) is 15.9. The van der Waals surface area contributed by atoms with Crippen LogP contribution in [0.5, 0.6) is 0 Å². The monoisotopic (exact) mass is 302 g/mol. The third-order valence-electron chi connectivity index (χ3n) is 3.17. The van der Waals surface area contributed by atoms with Crippen LogP contribution in [0.15, 0.2) is 18.5 Å². The highest BCUT2D eigenvalue weighted by atomic mass is 35.5. The predicted molar refractivity (Wildman–Crippen MR) is 77.1 cm³/mol. The van der Waals surface area contributed by atoms with Gasteiger partial charge >= 0.3 is 0 Å². The van der Waals surface area contributed by atoms with Crippen molar-refractivity contribution >= 4 is 34.8 Å². The molecule has 5 nitrogen and oxygen atoms in total. The normalized spacial score (nSPS) is 20.6. The van der Waals surface area contributed by atoms with E-state index in [0.717, 1.165) is 5.95 Å². The number of piperazine rings is 1. The van der Waals surface area contributed by atoms with Crippen molar-refractivity contribution in [2.24, 2.45) is 0 Å². The molecule has 7 heteroatoms. The number of rotatable bonds is 2. The lowest BCUT2D eigenvalue weighted by atomic mass is 10.3. The molecule has 3 heterocycles. The zero-order valence-electron chi connectivity index (χ0n) is 13.1. The van der Waals surface area contributed by atoms with Crippen molar-refractivity contribution in [3.63, 3.8) is 0 Å². The van der Waals surface area contributed by atoms with Crippen LogP contribution >= 0.6 is 23.2 Å². The molecular formula is C12H15Cl2N5. The fourth-order valence-electron chi connectivity index (χ4n) is 2.17. The maximum Gasteiger partial charge on any atom is 0.211 e. The number of imidazole rings is 1. The topological polar surface area (TPSA) is 36.7 Å². The molecular weight excluding hydrogens is 285 g/mol. The average Bonchev–Trinajstić information content (AvgIpc) is 2.90. The van der Waals surface area contributed by atoms with Gasteiger partial charge in [-0.3, -0.25) is 4.40 Å². The first-order valence-corrected chi connectivity index (χ1v) is 6.86. The summed E-state index contributed by atoms with van der Waals surface area (Å²) in [5.74, 6) is 0.718. The average molecular weight is 303 g/mol. The molecule has 0 spiro atoms. The van der Waals surface area contributed by atoms with Crippen LogP contribution in [0.25, 0.3) is 5.65 Å². The fourth-order valence-corrected chi connectivity index (χ4v) is 2.38. The third kappa shape index (κ3) is 2.50. The summed E-state index contributed by atoms with van der Waals surface area (Å²) in [4.78, 5) is 11.6. The molecule has 0 radical (unpaired) electrons. The molecule has 0 bridgehead atoms. The molecule has 0 atom stereocenters. The standard InChI is InChI=1S/C12H15Cl2N5/c1-17-4-6-18(7-5-17)12-15-3-2-10-16-9(11(13)14)8-19(10)12/h2-3,8,11H,4-7H2,1H3/i1D3. The minimum atomic E-state index is -2.04. The molecule has 0 amide bonds. The van der Waals surface area contributed by atoms with Crippen molar-refractivity contribution in [3.8, 4) is 0 Å². The van der Waals surface area contributed by atoms with Crippen LogP contribution in [-0.2, 0) is 0 Å². The van der Waals surface area contributed by atoms with E-state index >= 15 is 0 Å². The summed E-state index contributed by atoms with van der Waals surface area (Å²) in [7, 11) is 0. The van der Waals surface area contributed by atoms with Crippen molar-refractivity contribution in [3.05, 3.63) is 24.2 Å². The smallest absolute Gasteiger partial charge is 0.211 e. The van der Waals surface area contributed by atoms with E-state index < -0.39 is 11.8 Å². The summed E-state index contributed by atoms with van der Waals surface area (Å²) in [6, 6.07) is 1.78. The lowest BCUT2D eigenvalue weighted by molar-refractivity contribution is 0.311. The molecule has 1 fully saturated rings. The molecule has 1 aliphatic heterocycles. The number of likely N-dealkylation sites (N-methyl/N-ethyl adjacent to an activating group) is 1. The maximum absolute atomic E-state index is 7.46. The molecule has 2 aromatic heterocycles. The summed E-state index contributed by atoms with van der Waals surface area (Å²) >= 11 is 11.7. The molecule has 0 aliphatic carbocycles. The molecule has 0 saturated carbocycles. The van der Waals surface area contributed by atoms with Gasteiger partial charge in [0, 0.05) is 42.7 Å². The van der Waals surface area contributed by atoms with Gasteiger partial charge in [0.1, 0.15) is 5.65 Å². The van der Waals surface area contributed by atoms with E-state index in [1.807, 2.05) is 9.30 Å². The highest BCUT2D eigenvalue weighted by Crippen LogP contribution is 2.25. The highest BCUT2D eigenvalue weighted by molar-refractivity contribution is 6.43. The Labute approximate surface area is 126 Å². The van der Waals surface area contributed by atoms with Crippen molar-refractivity contribution in [2.75, 3.05) is 38.1 Å². The zero-order valence-corrected chi connectivity index (χ0v) is 11.6. The minimum absolute atomic E-state index is 0.462. The number of hydrogen-bond acceptors (Lipinski definition) is 4. The first kappa shape index (κ1) is 9.80. The van der Waals surface area contributed by atoms with Gasteiger partial charge in [0.05, 0.1) is 5.69 Å². The number of nitrogens with zero attached hydrogens (tertiary/aromatic N) is 5. The largest absolute Gasteiger partial charge is 0.339 e. The van der Waals surface area contributed by atoms with Crippen LogP contribution in [0, 0.1) is 0 Å². The number of halogens is 2. The minimum Gasteiger partial charge on any atom is -0.339 e. The van der Waals surface area contributed by atoms with Gasteiger partial charge in [-0.2, -0.15) is 0 Å². The summed E-state index contributed by atoms with van der Waals surface area (Å²) in [6.45, 7) is 0.0537. The quantitative estimate of drug-likeness (QED) is 0.795. The summed E-state index contributed by atoms with van der Waals surface area (Å²) in [5.41, 5.74) is 1.28. The van der Waals surface area contributed by atoms with E-state index in [4.69, 9.17) is 27.3 Å². The second-order valence-corrected chi connectivity index (χ2v) is 5.51. The Kier molecular flexibility index (Phi) is 2.66. The third-order valence-corrected chi connectivity index (χ3v) is 3.61. The van der Waals surface area contributed by atoms with Crippen molar-refractivity contribution in [2.45, 2.75) is 4.84 Å². The van der Waals surface area contributed by atoms with Gasteiger partial charge < -0.3 is 9.80 Å². The van der Waals surface area contributed by atoms with Gasteiger partial charge in [-0.1, -0.05) is 23.2 Å². The van der Waals surface area contributed by atoms with Gasteiger partial charge in [-0.25, -0.2) is 9.97 Å². The Hall–Kier alpha value is -1.04. The van der Waals surface area contributed by atoms with Crippen LogP contribution < -0.4 is 4.90 Å². The van der Waals surface area contributed by atoms with Crippen LogP contribution in [0.1, 0.15) is 14.6 Å². The molecule has 19 heavy (non-hydrogen) atoms. The van der Waals surface area contributed by atoms with Gasteiger partial charge in [0.2, 0.25) is 5.95 Å². The van der Waals surface area contributed by atoms with E-state index in [2.05, 4.69) is 9.97 Å².